The van der Waals surface area contributed by atoms with Crippen molar-refractivity contribution in [3.05, 3.63) is 16.7 Å². The van der Waals surface area contributed by atoms with Crippen LogP contribution in [0.1, 0.15) is 27.0 Å². The number of aldehydes is 1. The minimum atomic E-state index is -4.64. The van der Waals surface area contributed by atoms with Gasteiger partial charge in [-0.25, -0.2) is 4.98 Å². The van der Waals surface area contributed by atoms with Gasteiger partial charge in [-0.05, 0) is 13.8 Å². The molecular formula is C17H20F3N5O7. The molecule has 176 valence electrons. The zero-order valence-electron chi connectivity index (χ0n) is 17.0. The number of imidazole rings is 1. The van der Waals surface area contributed by atoms with Gasteiger partial charge >= 0.3 is 6.18 Å². The Morgan fingerprint density at radius 3 is 2.56 bits per heavy atom. The molecule has 2 aliphatic heterocycles. The molecule has 1 amide bonds. The van der Waals surface area contributed by atoms with E-state index in [2.05, 4.69) is 20.3 Å². The highest BCUT2D eigenvalue weighted by Gasteiger charge is 2.56. The first-order valence-corrected chi connectivity index (χ1v) is 9.24. The van der Waals surface area contributed by atoms with Crippen LogP contribution in [0.2, 0.25) is 0 Å². The van der Waals surface area contributed by atoms with E-state index in [1.165, 1.54) is 13.3 Å². The maximum Gasteiger partial charge on any atom is 0.446 e. The predicted molar refractivity (Wildman–Crippen MR) is 99.4 cm³/mol. The van der Waals surface area contributed by atoms with E-state index in [1.807, 2.05) is 0 Å². The summed E-state index contributed by atoms with van der Waals surface area (Å²) in [6.45, 7) is 4.63. The van der Waals surface area contributed by atoms with Gasteiger partial charge in [-0.15, -0.1) is 0 Å². The third-order valence-electron chi connectivity index (χ3n) is 4.44. The Morgan fingerprint density at radius 1 is 1.38 bits per heavy atom. The average Bonchev–Trinajstić information content (AvgIpc) is 3.31. The van der Waals surface area contributed by atoms with E-state index >= 15 is 0 Å². The molecule has 0 saturated carbocycles. The monoisotopic (exact) mass is 463 g/mol. The molecule has 2 aliphatic rings. The van der Waals surface area contributed by atoms with Crippen molar-refractivity contribution in [1.29, 1.82) is 0 Å². The van der Waals surface area contributed by atoms with E-state index in [0.29, 0.717) is 0 Å². The SMILES string of the molecule is CC(=O)Nc1nc2c(ncn2[C@@H]2O[C@H](CO)[C@H]3OC(C)(C)O[C@H]32)c(=O)[nH]1.O=CC(F)(F)F. The number of halogens is 3. The van der Waals surface area contributed by atoms with Crippen LogP contribution in [0.3, 0.4) is 0 Å². The summed E-state index contributed by atoms with van der Waals surface area (Å²) < 4.78 is 50.4. The van der Waals surface area contributed by atoms with Gasteiger partial charge < -0.3 is 19.3 Å². The van der Waals surface area contributed by atoms with Crippen molar-refractivity contribution in [3.8, 4) is 0 Å². The predicted octanol–water partition coefficient (Wildman–Crippen LogP) is 0.235. The number of anilines is 1. The lowest BCUT2D eigenvalue weighted by molar-refractivity contribution is -0.199. The van der Waals surface area contributed by atoms with Crippen molar-refractivity contribution < 1.29 is 42.1 Å². The van der Waals surface area contributed by atoms with Crippen LogP contribution in [0.25, 0.3) is 11.2 Å². The molecule has 2 fully saturated rings. The van der Waals surface area contributed by atoms with Crippen molar-refractivity contribution in [2.24, 2.45) is 0 Å². The molecule has 15 heteroatoms. The summed E-state index contributed by atoms with van der Waals surface area (Å²) in [5, 5.41) is 12.0. The molecule has 0 unspecified atom stereocenters. The average molecular weight is 463 g/mol. The van der Waals surface area contributed by atoms with Crippen LogP contribution in [0, 0.1) is 0 Å². The second kappa shape index (κ2) is 8.57. The molecule has 4 heterocycles. The fraction of sp³-hybridized carbons (Fsp3) is 0.588. The molecule has 0 spiro atoms. The van der Waals surface area contributed by atoms with Gasteiger partial charge in [-0.2, -0.15) is 18.2 Å². The Hall–Kier alpha value is -2.88. The Labute approximate surface area is 177 Å². The maximum atomic E-state index is 12.2. The number of nitrogens with zero attached hydrogens (tertiary/aromatic N) is 3. The van der Waals surface area contributed by atoms with Crippen LogP contribution in [0.15, 0.2) is 11.1 Å². The fourth-order valence-corrected chi connectivity index (χ4v) is 3.37. The number of aromatic nitrogens is 4. The first-order valence-electron chi connectivity index (χ1n) is 9.24. The highest BCUT2D eigenvalue weighted by molar-refractivity contribution is 5.87. The smallest absolute Gasteiger partial charge is 0.394 e. The van der Waals surface area contributed by atoms with Gasteiger partial charge in [-0.3, -0.25) is 29.3 Å². The summed E-state index contributed by atoms with van der Waals surface area (Å²) >= 11 is 0. The van der Waals surface area contributed by atoms with E-state index in [4.69, 9.17) is 19.0 Å². The van der Waals surface area contributed by atoms with Gasteiger partial charge in [-0.1, -0.05) is 0 Å². The van der Waals surface area contributed by atoms with E-state index < -0.39 is 48.3 Å². The van der Waals surface area contributed by atoms with Gasteiger partial charge in [0.2, 0.25) is 18.1 Å². The number of hydrogen-bond donors (Lipinski definition) is 3. The van der Waals surface area contributed by atoms with Crippen molar-refractivity contribution >= 4 is 29.3 Å². The van der Waals surface area contributed by atoms with E-state index in [1.54, 1.807) is 18.4 Å². The normalized spacial score (nSPS) is 26.3. The standard InChI is InChI=1S/C15H19N5O6.C2HF3O/c1-6(22)17-14-18-11-8(12(23)19-14)16-5-20(11)13-10-9(7(4-21)24-13)25-15(2,3)26-10;3-2(4,5)1-6/h5,7,9-10,13,21H,4H2,1-3H3,(H2,17,18,19,22,23);1H/t7-,9-,10-,13-;/m1./s1. The number of ether oxygens (including phenoxy) is 3. The summed E-state index contributed by atoms with van der Waals surface area (Å²) in [5.74, 6) is -1.19. The molecule has 4 atom stereocenters. The molecule has 32 heavy (non-hydrogen) atoms. The van der Waals surface area contributed by atoms with Crippen LogP contribution in [0.5, 0.6) is 0 Å². The van der Waals surface area contributed by atoms with Gasteiger partial charge in [0.25, 0.3) is 5.56 Å². The molecule has 0 aliphatic carbocycles. The number of rotatable bonds is 3. The molecular weight excluding hydrogens is 443 g/mol. The van der Waals surface area contributed by atoms with Crippen LogP contribution in [-0.4, -0.2) is 73.7 Å². The number of H-pyrrole nitrogens is 1. The van der Waals surface area contributed by atoms with Crippen molar-refractivity contribution in [3.63, 3.8) is 0 Å². The molecule has 0 radical (unpaired) electrons. The minimum Gasteiger partial charge on any atom is -0.394 e. The van der Waals surface area contributed by atoms with E-state index in [-0.39, 0.29) is 29.6 Å². The number of hydrogen-bond acceptors (Lipinski definition) is 9. The van der Waals surface area contributed by atoms with Gasteiger partial charge in [0.05, 0.1) is 12.9 Å². The molecule has 0 aromatic carbocycles. The zero-order valence-corrected chi connectivity index (χ0v) is 17.0. The Bertz CT molecular complexity index is 1070. The third kappa shape index (κ3) is 4.95. The van der Waals surface area contributed by atoms with Gasteiger partial charge in [0, 0.05) is 6.92 Å². The van der Waals surface area contributed by atoms with E-state index in [0.717, 1.165) is 0 Å². The highest BCUT2D eigenvalue weighted by Crippen LogP contribution is 2.43. The Balaban J connectivity index is 0.000000427. The quantitative estimate of drug-likeness (QED) is 0.542. The second-order valence-corrected chi connectivity index (χ2v) is 7.39. The number of carbonyl (C=O) groups excluding carboxylic acids is 2. The summed E-state index contributed by atoms with van der Waals surface area (Å²) in [6, 6.07) is 0. The van der Waals surface area contributed by atoms with Crippen molar-refractivity contribution in [1.82, 2.24) is 19.5 Å². The molecule has 2 aromatic rings. The number of aliphatic hydroxyl groups excluding tert-OH is 1. The largest absolute Gasteiger partial charge is 0.446 e. The summed E-state index contributed by atoms with van der Waals surface area (Å²) in [5.41, 5.74) is -0.160. The number of nitrogens with one attached hydrogen (secondary N) is 2. The van der Waals surface area contributed by atoms with Crippen LogP contribution >= 0.6 is 0 Å². The Kier molecular flexibility index (Phi) is 6.37. The topological polar surface area (TPSA) is 158 Å². The third-order valence-corrected chi connectivity index (χ3v) is 4.44. The lowest BCUT2D eigenvalue weighted by Gasteiger charge is -2.24. The first-order chi connectivity index (χ1) is 14.8. The number of aliphatic hydroxyl groups is 1. The minimum absolute atomic E-state index is 0.00826. The summed E-state index contributed by atoms with van der Waals surface area (Å²) in [6.07, 6.45) is -6.53. The number of carbonyl (C=O) groups is 2. The number of alkyl halides is 3. The molecule has 3 N–H and O–H groups in total. The summed E-state index contributed by atoms with van der Waals surface area (Å²) in [4.78, 5) is 43.0. The molecule has 2 saturated heterocycles. The van der Waals surface area contributed by atoms with Crippen LogP contribution < -0.4 is 10.9 Å². The summed E-state index contributed by atoms with van der Waals surface area (Å²) in [7, 11) is 0. The van der Waals surface area contributed by atoms with Crippen LogP contribution in [0.4, 0.5) is 19.1 Å². The fourth-order valence-electron chi connectivity index (χ4n) is 3.37. The number of fused-ring (bicyclic) bond motifs is 2. The lowest BCUT2D eigenvalue weighted by atomic mass is 10.1. The maximum absolute atomic E-state index is 12.2. The first kappa shape index (κ1) is 23.8. The number of amides is 1. The van der Waals surface area contributed by atoms with Crippen molar-refractivity contribution in [2.45, 2.75) is 57.3 Å². The van der Waals surface area contributed by atoms with E-state index in [9.17, 15) is 27.9 Å². The molecule has 12 nitrogen and oxygen atoms in total. The molecule has 4 rings (SSSR count). The van der Waals surface area contributed by atoms with Crippen LogP contribution in [-0.2, 0) is 23.8 Å². The zero-order chi connectivity index (χ0) is 23.8. The highest BCUT2D eigenvalue weighted by atomic mass is 19.4. The van der Waals surface area contributed by atoms with Gasteiger partial charge in [0.15, 0.2) is 23.2 Å². The van der Waals surface area contributed by atoms with Gasteiger partial charge in [0.1, 0.15) is 18.3 Å². The molecule has 2 aromatic heterocycles. The number of aromatic amines is 1. The Morgan fingerprint density at radius 2 is 2.00 bits per heavy atom. The second-order valence-electron chi connectivity index (χ2n) is 7.39. The lowest BCUT2D eigenvalue weighted by Crippen LogP contribution is -2.31. The van der Waals surface area contributed by atoms with Crippen molar-refractivity contribution in [2.75, 3.05) is 11.9 Å². The molecule has 0 bridgehead atoms.